The van der Waals surface area contributed by atoms with Crippen LogP contribution < -0.4 is 45.0 Å². The molecule has 4 aliphatic carbocycles. The summed E-state index contributed by atoms with van der Waals surface area (Å²) in [4.78, 5) is 120. The average Bonchev–Trinajstić information content (AvgIpc) is 0.798. The Morgan fingerprint density at radius 2 is 0.557 bits per heavy atom. The summed E-state index contributed by atoms with van der Waals surface area (Å²) in [6.45, 7) is 2.05. The summed E-state index contributed by atoms with van der Waals surface area (Å²) < 4.78 is 0. The number of hydrogen-bond acceptors (Lipinski definition) is 8. The summed E-state index contributed by atoms with van der Waals surface area (Å²) in [5, 5.41) is 3.22. The molecule has 0 aliphatic heterocycles. The van der Waals surface area contributed by atoms with Crippen LogP contribution in [0.1, 0.15) is 245 Å². The SMILES string of the molecule is Cc1cccc(Cc2c(C3CCC(c4ccccc4)CC3)[nH]c(=O)[nH]c2=O)c1.O=c1[nH]c(C2CCC(c3ccccc3)CC2)c(Cc2c(Cl)cccc2Cl)c(=O)[nH]1.O=c1[nH]c(C2CCC(c3ccccc3)CC2)c(Cc2cc(Cl)ccc2Cl)c(=O)[nH]1.O=c1[nH]c(C2CCC(c3ccccc3)CC2)c(Cc2ccc(Cl)cc2Cl)c(=O)[nH]1. The summed E-state index contributed by atoms with van der Waals surface area (Å²) in [5.41, 5.74) is 12.3. The van der Waals surface area contributed by atoms with E-state index in [-0.39, 0.29) is 45.9 Å². The summed E-state index contributed by atoms with van der Waals surface area (Å²) in [5.74, 6) is 2.80. The van der Waals surface area contributed by atoms with Crippen molar-refractivity contribution in [3.05, 3.63) is 409 Å². The Balaban J connectivity index is 0.000000134. The smallest absolute Gasteiger partial charge is 0.311 e. The van der Waals surface area contributed by atoms with E-state index in [1.807, 2.05) is 55.5 Å². The van der Waals surface area contributed by atoms with Crippen LogP contribution in [0.5, 0.6) is 0 Å². The molecule has 8 aromatic carbocycles. The van der Waals surface area contributed by atoms with Gasteiger partial charge in [-0.25, -0.2) is 19.2 Å². The van der Waals surface area contributed by atoms with Gasteiger partial charge in [0.15, 0.2) is 0 Å². The molecule has 4 heterocycles. The Morgan fingerprint density at radius 1 is 0.252 bits per heavy atom. The second kappa shape index (κ2) is 39.2. The maximum Gasteiger partial charge on any atom is 0.325 e. The normalized spacial score (nSPS) is 19.3. The lowest BCUT2D eigenvalue weighted by atomic mass is 9.76. The summed E-state index contributed by atoms with van der Waals surface area (Å²) in [6.07, 6.45) is 17.4. The molecule has 12 aromatic rings. The molecule has 22 heteroatoms. The monoisotopic (exact) mass is 1660 g/mol. The van der Waals surface area contributed by atoms with Crippen LogP contribution in [0.25, 0.3) is 0 Å². The lowest BCUT2D eigenvalue weighted by molar-refractivity contribution is 0.388. The predicted octanol–water partition coefficient (Wildman–Crippen LogP) is 20.6. The van der Waals surface area contributed by atoms with Gasteiger partial charge in [-0.1, -0.05) is 233 Å². The van der Waals surface area contributed by atoms with Crippen LogP contribution in [0.4, 0.5) is 0 Å². The maximum absolute atomic E-state index is 12.7. The van der Waals surface area contributed by atoms with E-state index in [4.69, 9.17) is 69.6 Å². The Kier molecular flexibility index (Phi) is 28.4. The third-order valence-corrected chi connectivity index (χ3v) is 25.5. The third-order valence-electron chi connectivity index (χ3n) is 23.6. The van der Waals surface area contributed by atoms with Gasteiger partial charge in [0.1, 0.15) is 0 Å². The van der Waals surface area contributed by atoms with Gasteiger partial charge in [-0.15, -0.1) is 0 Å². The van der Waals surface area contributed by atoms with Gasteiger partial charge in [0.2, 0.25) is 0 Å². The van der Waals surface area contributed by atoms with Gasteiger partial charge >= 0.3 is 22.8 Å². The minimum Gasteiger partial charge on any atom is -0.311 e. The molecule has 0 atom stereocenters. The van der Waals surface area contributed by atoms with Crippen LogP contribution in [0, 0.1) is 6.92 Å². The molecular formula is C93H92Cl6N8O8. The van der Waals surface area contributed by atoms with E-state index in [0.29, 0.717) is 107 Å². The molecule has 4 fully saturated rings. The third kappa shape index (κ3) is 21.7. The summed E-state index contributed by atoms with van der Waals surface area (Å²) in [6, 6.07) is 66.1. The molecule has 0 unspecified atom stereocenters. The first-order valence-electron chi connectivity index (χ1n) is 39.6. The van der Waals surface area contributed by atoms with Crippen molar-refractivity contribution < 1.29 is 0 Å². The number of aromatic nitrogens is 8. The topological polar surface area (TPSA) is 263 Å². The lowest BCUT2D eigenvalue weighted by Crippen LogP contribution is -2.30. The van der Waals surface area contributed by atoms with Crippen LogP contribution in [-0.4, -0.2) is 39.9 Å². The second-order valence-corrected chi connectivity index (χ2v) is 33.4. The Morgan fingerprint density at radius 3 is 0.904 bits per heavy atom. The highest BCUT2D eigenvalue weighted by Gasteiger charge is 2.32. The average molecular weight is 1660 g/mol. The number of aromatic amines is 8. The van der Waals surface area contributed by atoms with E-state index in [1.165, 1.54) is 27.8 Å². The van der Waals surface area contributed by atoms with Gasteiger partial charge in [0, 0.05) is 101 Å². The molecule has 0 radical (unpaired) electrons. The molecule has 0 saturated heterocycles. The van der Waals surface area contributed by atoms with E-state index < -0.39 is 22.8 Å². The van der Waals surface area contributed by atoms with E-state index in [2.05, 4.69) is 143 Å². The fourth-order valence-corrected chi connectivity index (χ4v) is 19.0. The molecule has 16 rings (SSSR count). The van der Waals surface area contributed by atoms with Crippen molar-refractivity contribution >= 4 is 69.6 Å². The van der Waals surface area contributed by atoms with Gasteiger partial charge in [-0.3, -0.25) is 39.1 Å². The van der Waals surface area contributed by atoms with Crippen molar-refractivity contribution in [2.24, 2.45) is 0 Å². The summed E-state index contributed by atoms with van der Waals surface area (Å²) in [7, 11) is 0. The van der Waals surface area contributed by atoms with E-state index in [0.717, 1.165) is 142 Å². The van der Waals surface area contributed by atoms with Crippen molar-refractivity contribution in [1.29, 1.82) is 0 Å². The minimum atomic E-state index is -0.468. The Labute approximate surface area is 696 Å². The van der Waals surface area contributed by atoms with E-state index in [1.54, 1.807) is 48.5 Å². The fourth-order valence-electron chi connectivity index (χ4n) is 17.6. The first-order valence-corrected chi connectivity index (χ1v) is 41.9. The molecule has 4 saturated carbocycles. The van der Waals surface area contributed by atoms with Crippen molar-refractivity contribution in [3.63, 3.8) is 0 Å². The number of rotatable bonds is 16. The van der Waals surface area contributed by atoms with E-state index in [9.17, 15) is 38.4 Å². The number of benzene rings is 8. The molecule has 4 aromatic heterocycles. The Hall–Kier alpha value is -9.78. The van der Waals surface area contributed by atoms with Gasteiger partial charge in [0.25, 0.3) is 22.2 Å². The van der Waals surface area contributed by atoms with Crippen molar-refractivity contribution in [1.82, 2.24) is 39.9 Å². The zero-order valence-corrected chi connectivity index (χ0v) is 68.4. The van der Waals surface area contributed by atoms with Gasteiger partial charge in [0.05, 0.1) is 0 Å². The maximum atomic E-state index is 12.7. The van der Waals surface area contributed by atoms with Crippen LogP contribution in [0.3, 0.4) is 0 Å². The van der Waals surface area contributed by atoms with Crippen LogP contribution in [0.15, 0.2) is 239 Å². The summed E-state index contributed by atoms with van der Waals surface area (Å²) >= 11 is 37.4. The molecule has 8 N–H and O–H groups in total. The van der Waals surface area contributed by atoms with Crippen molar-refractivity contribution in [2.75, 3.05) is 0 Å². The zero-order valence-electron chi connectivity index (χ0n) is 63.8. The predicted molar refractivity (Wildman–Crippen MR) is 464 cm³/mol. The highest BCUT2D eigenvalue weighted by molar-refractivity contribution is 6.36. The largest absolute Gasteiger partial charge is 0.325 e. The number of nitrogens with one attached hydrogen (secondary N) is 8. The van der Waals surface area contributed by atoms with Crippen LogP contribution in [0.2, 0.25) is 30.1 Å². The standard InChI is InChI=1S/C24H26N2O2.3C23H22Cl2N2O2/c1-16-6-5-7-17(14-16)15-21-22(25-24(28)26-23(21)27)20-12-10-19(11-13-20)18-8-3-2-4-9-18;24-19-7-4-8-20(25)17(19)13-18-21(26-23(29)27-22(18)28)16-11-9-15(10-12-16)14-5-2-1-3-6-14;24-18-10-11-20(25)17(12-18)13-19-21(26-23(29)27-22(19)28)16-8-6-15(7-9-16)14-4-2-1-3-5-14;24-18-11-10-17(20(25)13-18)12-19-21(26-23(29)27-22(19)28)16-8-6-15(7-9-16)14-4-2-1-3-5-14/h2-9,14,19-20H,10-13,15H2,1H3,(H2,25,26,27,28);1-8,15-16H,9-13H2,(H2,26,27,28,29);1-5,10-12,15-16H,6-9,13H2,(H2,26,27,28,29);1-5,10-11,13,15-16H,6-9,12H2,(H2,26,27,28,29). The van der Waals surface area contributed by atoms with Crippen molar-refractivity contribution in [3.8, 4) is 0 Å². The molecule has 594 valence electrons. The lowest BCUT2D eigenvalue weighted by Gasteiger charge is -2.29. The van der Waals surface area contributed by atoms with Gasteiger partial charge in [-0.2, -0.15) is 0 Å². The minimum absolute atomic E-state index is 0.140. The molecule has 115 heavy (non-hydrogen) atoms. The van der Waals surface area contributed by atoms with E-state index >= 15 is 0 Å². The zero-order chi connectivity index (χ0) is 80.7. The highest BCUT2D eigenvalue weighted by atomic mass is 35.5. The molecule has 16 nitrogen and oxygen atoms in total. The molecule has 4 aliphatic rings. The highest BCUT2D eigenvalue weighted by Crippen LogP contribution is 2.45. The second-order valence-electron chi connectivity index (χ2n) is 30.9. The number of aryl methyl sites for hydroxylation is 1. The molecular weight excluding hydrogens is 1570 g/mol. The van der Waals surface area contributed by atoms with Crippen LogP contribution >= 0.6 is 69.6 Å². The molecule has 0 amide bonds. The first kappa shape index (κ1) is 83.2. The van der Waals surface area contributed by atoms with Gasteiger partial charge in [-0.05, 0) is 244 Å². The quantitative estimate of drug-likeness (QED) is 0.0460. The Bertz CT molecular complexity index is 5810. The first-order chi connectivity index (χ1) is 55.6. The number of hydrogen-bond donors (Lipinski definition) is 8. The fraction of sp³-hybridized carbons (Fsp3) is 0.312. The van der Waals surface area contributed by atoms with Crippen LogP contribution in [-0.2, 0) is 25.7 Å². The molecule has 0 bridgehead atoms. The number of H-pyrrole nitrogens is 8. The molecule has 0 spiro atoms. The number of halogens is 6. The van der Waals surface area contributed by atoms with Gasteiger partial charge < -0.3 is 19.9 Å². The van der Waals surface area contributed by atoms with Crippen molar-refractivity contribution in [2.45, 2.75) is 183 Å².